The Morgan fingerprint density at radius 2 is 0.500 bits per heavy atom. The van der Waals surface area contributed by atoms with E-state index >= 15 is 0 Å². The molecular formula is C52H34N6. The molecule has 6 heterocycles. The molecule has 4 aromatic carbocycles. The van der Waals surface area contributed by atoms with Crippen LogP contribution in [0.25, 0.3) is 101 Å². The van der Waals surface area contributed by atoms with Crippen molar-refractivity contribution in [3.63, 3.8) is 0 Å². The molecule has 0 spiro atoms. The van der Waals surface area contributed by atoms with Crippen LogP contribution in [-0.4, -0.2) is 29.9 Å². The van der Waals surface area contributed by atoms with Gasteiger partial charge in [-0.2, -0.15) is 0 Å². The normalized spacial score (nSPS) is 11.1. The Bertz CT molecular complexity index is 2690. The van der Waals surface area contributed by atoms with Gasteiger partial charge in [0.05, 0.1) is 45.6 Å². The summed E-state index contributed by atoms with van der Waals surface area (Å²) in [5.74, 6) is 0. The summed E-state index contributed by atoms with van der Waals surface area (Å²) in [6.45, 7) is 0. The van der Waals surface area contributed by atoms with Gasteiger partial charge in [-0.25, -0.2) is 9.97 Å². The minimum absolute atomic E-state index is 0.810. The van der Waals surface area contributed by atoms with Crippen LogP contribution >= 0.6 is 0 Å². The lowest BCUT2D eigenvalue weighted by atomic mass is 9.95. The highest BCUT2D eigenvalue weighted by molar-refractivity contribution is 5.91. The van der Waals surface area contributed by atoms with E-state index in [-0.39, 0.29) is 0 Å². The van der Waals surface area contributed by atoms with Crippen LogP contribution in [0.2, 0.25) is 0 Å². The second-order valence-electron chi connectivity index (χ2n) is 14.0. The van der Waals surface area contributed by atoms with Crippen LogP contribution < -0.4 is 0 Å². The average molecular weight is 743 g/mol. The summed E-state index contributed by atoms with van der Waals surface area (Å²) in [4.78, 5) is 28.2. The second-order valence-corrected chi connectivity index (χ2v) is 14.0. The largest absolute Gasteiger partial charge is 0.255 e. The van der Waals surface area contributed by atoms with Gasteiger partial charge in [-0.3, -0.25) is 19.9 Å². The third-order valence-electron chi connectivity index (χ3n) is 10.3. The Labute approximate surface area is 336 Å². The zero-order chi connectivity index (χ0) is 38.7. The molecule has 6 heteroatoms. The summed E-state index contributed by atoms with van der Waals surface area (Å²) in [6.07, 6.45) is 7.18. The number of benzene rings is 4. The number of nitrogens with zero attached hydrogens (tertiary/aromatic N) is 6. The van der Waals surface area contributed by atoms with Crippen molar-refractivity contribution in [3.05, 3.63) is 207 Å². The SMILES string of the molecule is c1ccc(-c2cc(-c3ccc(-c4ccc5ccc(-c6ccc(-c7cc(-c8ccccn8)nc(-c8ccccn8)c7)cc6)cc5c4)cc3)cc(-c3ccccn3)n2)nc1. The summed E-state index contributed by atoms with van der Waals surface area (Å²) < 4.78 is 0. The molecule has 0 saturated heterocycles. The molecule has 0 unspecified atom stereocenters. The fraction of sp³-hybridized carbons (Fsp3) is 0. The lowest BCUT2D eigenvalue weighted by molar-refractivity contribution is 1.22. The van der Waals surface area contributed by atoms with E-state index in [2.05, 4.69) is 129 Å². The highest BCUT2D eigenvalue weighted by Gasteiger charge is 2.13. The van der Waals surface area contributed by atoms with Gasteiger partial charge in [0.15, 0.2) is 0 Å². The fourth-order valence-electron chi connectivity index (χ4n) is 7.29. The molecule has 0 fully saturated rings. The van der Waals surface area contributed by atoms with Gasteiger partial charge in [0.1, 0.15) is 0 Å². The molecule has 6 nitrogen and oxygen atoms in total. The van der Waals surface area contributed by atoms with Crippen molar-refractivity contribution in [2.45, 2.75) is 0 Å². The van der Waals surface area contributed by atoms with Crippen LogP contribution in [0.3, 0.4) is 0 Å². The van der Waals surface area contributed by atoms with E-state index < -0.39 is 0 Å². The first-order valence-corrected chi connectivity index (χ1v) is 19.2. The Morgan fingerprint density at radius 3 is 0.793 bits per heavy atom. The summed E-state index contributed by atoms with van der Waals surface area (Å²) in [5.41, 5.74) is 15.5. The number of pyridine rings is 6. The minimum Gasteiger partial charge on any atom is -0.255 e. The molecule has 0 aliphatic rings. The Balaban J connectivity index is 0.941. The molecule has 0 atom stereocenters. The van der Waals surface area contributed by atoms with Crippen molar-refractivity contribution in [1.29, 1.82) is 0 Å². The van der Waals surface area contributed by atoms with Gasteiger partial charge in [-0.15, -0.1) is 0 Å². The van der Waals surface area contributed by atoms with Crippen molar-refractivity contribution in [2.24, 2.45) is 0 Å². The minimum atomic E-state index is 0.810. The molecule has 0 radical (unpaired) electrons. The quantitative estimate of drug-likeness (QED) is 0.154. The van der Waals surface area contributed by atoms with Gasteiger partial charge in [0, 0.05) is 24.8 Å². The van der Waals surface area contributed by atoms with Crippen molar-refractivity contribution < 1.29 is 0 Å². The topological polar surface area (TPSA) is 77.3 Å². The van der Waals surface area contributed by atoms with Crippen molar-refractivity contribution in [1.82, 2.24) is 29.9 Å². The van der Waals surface area contributed by atoms with Gasteiger partial charge in [0.2, 0.25) is 0 Å². The predicted molar refractivity (Wildman–Crippen MR) is 234 cm³/mol. The van der Waals surface area contributed by atoms with Gasteiger partial charge in [-0.05, 0) is 140 Å². The van der Waals surface area contributed by atoms with Crippen molar-refractivity contribution >= 4 is 10.8 Å². The maximum absolute atomic E-state index is 4.94. The molecule has 0 bridgehead atoms. The number of hydrogen-bond donors (Lipinski definition) is 0. The van der Waals surface area contributed by atoms with Crippen molar-refractivity contribution in [2.75, 3.05) is 0 Å². The van der Waals surface area contributed by atoms with Crippen LogP contribution in [0, 0.1) is 0 Å². The highest BCUT2D eigenvalue weighted by atomic mass is 14.8. The second kappa shape index (κ2) is 15.3. The average Bonchev–Trinajstić information content (AvgIpc) is 3.32. The van der Waals surface area contributed by atoms with Gasteiger partial charge >= 0.3 is 0 Å². The van der Waals surface area contributed by atoms with Crippen LogP contribution in [0.5, 0.6) is 0 Å². The first-order valence-electron chi connectivity index (χ1n) is 19.2. The highest BCUT2D eigenvalue weighted by Crippen LogP contribution is 2.34. The Hall–Kier alpha value is -7.96. The van der Waals surface area contributed by atoms with E-state index in [4.69, 9.17) is 9.97 Å². The smallest absolute Gasteiger partial charge is 0.0900 e. The number of fused-ring (bicyclic) bond motifs is 1. The number of rotatable bonds is 8. The number of hydrogen-bond acceptors (Lipinski definition) is 6. The fourth-order valence-corrected chi connectivity index (χ4v) is 7.29. The van der Waals surface area contributed by atoms with Gasteiger partial charge in [0.25, 0.3) is 0 Å². The molecule has 0 amide bonds. The summed E-state index contributed by atoms with van der Waals surface area (Å²) >= 11 is 0. The Morgan fingerprint density at radius 1 is 0.207 bits per heavy atom. The zero-order valence-corrected chi connectivity index (χ0v) is 31.3. The molecule has 272 valence electrons. The van der Waals surface area contributed by atoms with E-state index in [9.17, 15) is 0 Å². The molecule has 0 N–H and O–H groups in total. The van der Waals surface area contributed by atoms with E-state index in [1.165, 1.54) is 10.8 Å². The third kappa shape index (κ3) is 7.14. The molecule has 0 saturated carbocycles. The van der Waals surface area contributed by atoms with Crippen LogP contribution in [-0.2, 0) is 0 Å². The lowest BCUT2D eigenvalue weighted by Gasteiger charge is -2.11. The van der Waals surface area contributed by atoms with E-state index in [1.807, 2.05) is 72.8 Å². The Kier molecular flexibility index (Phi) is 9.10. The molecular weight excluding hydrogens is 709 g/mol. The molecule has 0 aliphatic heterocycles. The predicted octanol–water partition coefficient (Wildman–Crippen LogP) is 12.5. The van der Waals surface area contributed by atoms with Crippen LogP contribution in [0.1, 0.15) is 0 Å². The molecule has 0 aliphatic carbocycles. The molecule has 10 aromatic rings. The maximum atomic E-state index is 4.94. The first kappa shape index (κ1) is 34.5. The monoisotopic (exact) mass is 742 g/mol. The molecule has 10 rings (SSSR count). The van der Waals surface area contributed by atoms with Gasteiger partial charge in [-0.1, -0.05) is 97.1 Å². The first-order chi connectivity index (χ1) is 28.7. The van der Waals surface area contributed by atoms with Crippen LogP contribution in [0.15, 0.2) is 207 Å². The maximum Gasteiger partial charge on any atom is 0.0900 e. The van der Waals surface area contributed by atoms with E-state index in [0.717, 1.165) is 90.1 Å². The lowest BCUT2D eigenvalue weighted by Crippen LogP contribution is -1.94. The molecule has 6 aromatic heterocycles. The summed E-state index contributed by atoms with van der Waals surface area (Å²) in [6, 6.07) is 62.8. The van der Waals surface area contributed by atoms with E-state index in [1.54, 1.807) is 24.8 Å². The summed E-state index contributed by atoms with van der Waals surface area (Å²) in [7, 11) is 0. The molecule has 58 heavy (non-hydrogen) atoms. The van der Waals surface area contributed by atoms with Gasteiger partial charge < -0.3 is 0 Å². The zero-order valence-electron chi connectivity index (χ0n) is 31.3. The van der Waals surface area contributed by atoms with Crippen molar-refractivity contribution in [3.8, 4) is 90.1 Å². The van der Waals surface area contributed by atoms with E-state index in [0.29, 0.717) is 0 Å². The summed E-state index contributed by atoms with van der Waals surface area (Å²) in [5, 5.41) is 2.38. The number of aromatic nitrogens is 6. The third-order valence-corrected chi connectivity index (χ3v) is 10.3. The standard InChI is InChI=1S/C52H34N6/c1-5-25-53-45(9-1)49-31-43(32-50(57-49)46-10-2-6-26-54-46)38-17-13-35(14-18-38)40-23-21-37-22-24-41(30-42(37)29-40)36-15-19-39(20-16-36)44-33-51(47-11-3-7-27-55-47)58-52(34-44)48-12-4-8-28-56-48/h1-34H. The van der Waals surface area contributed by atoms with Crippen LogP contribution in [0.4, 0.5) is 0 Å².